The summed E-state index contributed by atoms with van der Waals surface area (Å²) in [5.74, 6) is 0.196. The normalized spacial score (nSPS) is 16.7. The average Bonchev–Trinajstić information content (AvgIpc) is 3.81. The summed E-state index contributed by atoms with van der Waals surface area (Å²) in [6.07, 6.45) is 5.14. The van der Waals surface area contributed by atoms with Gasteiger partial charge in [-0.2, -0.15) is 14.0 Å². The lowest BCUT2D eigenvalue weighted by atomic mass is 9.89. The second-order valence-corrected chi connectivity index (χ2v) is 25.3. The fourth-order valence-corrected chi connectivity index (χ4v) is 16.8. The van der Waals surface area contributed by atoms with Crippen LogP contribution in [-0.4, -0.2) is 71.3 Å². The Labute approximate surface area is 396 Å². The van der Waals surface area contributed by atoms with Crippen LogP contribution in [0.25, 0.3) is 11.3 Å². The van der Waals surface area contributed by atoms with Crippen LogP contribution in [0.4, 0.5) is 20.2 Å². The largest absolute Gasteiger partial charge is 0.543 e. The number of carbonyl (C=O) groups excluding carboxylic acids is 2. The second kappa shape index (κ2) is 19.6. The number of hydrogen-bond acceptors (Lipinski definition) is 6. The van der Waals surface area contributed by atoms with Crippen molar-refractivity contribution in [2.75, 3.05) is 31.1 Å². The van der Waals surface area contributed by atoms with Gasteiger partial charge in [-0.25, -0.2) is 0 Å². The van der Waals surface area contributed by atoms with Crippen molar-refractivity contribution in [3.05, 3.63) is 123 Å². The number of aromatic nitrogens is 2. The van der Waals surface area contributed by atoms with E-state index >= 15 is 9.59 Å². The molecule has 1 atom stereocenters. The Morgan fingerprint density at radius 2 is 1.52 bits per heavy atom. The Hall–Kier alpha value is -5.55. The summed E-state index contributed by atoms with van der Waals surface area (Å²) >= 11 is 0. The van der Waals surface area contributed by atoms with Crippen molar-refractivity contribution >= 4 is 31.5 Å². The van der Waals surface area contributed by atoms with Crippen molar-refractivity contribution in [3.8, 4) is 23.1 Å². The van der Waals surface area contributed by atoms with E-state index in [2.05, 4.69) is 87.0 Å². The topological polar surface area (TPSA) is 98.8 Å². The first kappa shape index (κ1) is 47.9. The lowest BCUT2D eigenvalue weighted by molar-refractivity contribution is 0.0566. The monoisotopic (exact) mass is 928 g/mol. The molecule has 2 amide bonds. The number of piperidine rings is 1. The minimum Gasteiger partial charge on any atom is -0.543 e. The Bertz CT molecular complexity index is 2650. The second-order valence-electron chi connectivity index (χ2n) is 19.9. The lowest BCUT2D eigenvalue weighted by Gasteiger charge is -2.42. The molecule has 5 aromatic rings. The summed E-state index contributed by atoms with van der Waals surface area (Å²) in [7, 11) is -0.421. The zero-order chi connectivity index (χ0) is 47.9. The molecule has 2 aromatic heterocycles. The van der Waals surface area contributed by atoms with Gasteiger partial charge in [-0.1, -0.05) is 72.2 Å². The van der Waals surface area contributed by atoms with Gasteiger partial charge < -0.3 is 24.1 Å². The Kier molecular flexibility index (Phi) is 14.0. The molecule has 0 saturated carbocycles. The molecule has 3 aliphatic rings. The van der Waals surface area contributed by atoms with Gasteiger partial charge in [-0.05, 0) is 147 Å². The number of alkyl halides is 2. The van der Waals surface area contributed by atoms with Gasteiger partial charge in [-0.3, -0.25) is 19.1 Å². The number of amides is 2. The smallest absolute Gasteiger partial charge is 0.319 e. The minimum absolute atomic E-state index is 0.0119. The number of carbonyl (C=O) groups is 2. The van der Waals surface area contributed by atoms with Gasteiger partial charge in [0.05, 0.1) is 11.3 Å². The van der Waals surface area contributed by atoms with Crippen molar-refractivity contribution in [2.45, 2.75) is 130 Å². The van der Waals surface area contributed by atoms with Crippen LogP contribution in [0.2, 0.25) is 16.6 Å². The molecule has 1 saturated heterocycles. The first-order valence-electron chi connectivity index (χ1n) is 24.2. The molecule has 0 radical (unpaired) electrons. The number of likely N-dealkylation sites (tertiary alicyclic amines) is 1. The summed E-state index contributed by atoms with van der Waals surface area (Å²) in [6, 6.07) is 25.1. The van der Waals surface area contributed by atoms with Crippen molar-refractivity contribution < 1.29 is 22.8 Å². The van der Waals surface area contributed by atoms with E-state index in [4.69, 9.17) is 4.43 Å². The van der Waals surface area contributed by atoms with E-state index in [1.165, 1.54) is 29.9 Å². The number of halogens is 2. The number of benzene rings is 3. The van der Waals surface area contributed by atoms with E-state index in [0.717, 1.165) is 74.1 Å². The quantitative estimate of drug-likeness (QED) is 0.118. The van der Waals surface area contributed by atoms with Crippen LogP contribution >= 0.6 is 0 Å². The highest BCUT2D eigenvalue weighted by molar-refractivity contribution is 6.78. The van der Waals surface area contributed by atoms with Crippen LogP contribution in [0.5, 0.6) is 5.75 Å². The number of nitrogens with zero attached hydrogens (tertiary/aromatic N) is 6. The maximum atomic E-state index is 15.4. The Balaban J connectivity index is 1.23. The van der Waals surface area contributed by atoms with Crippen LogP contribution in [0.15, 0.2) is 72.8 Å². The highest BCUT2D eigenvalue weighted by atomic mass is 28.4. The van der Waals surface area contributed by atoms with Gasteiger partial charge in [-0.15, -0.1) is 0 Å². The predicted octanol–water partition coefficient (Wildman–Crippen LogP) is 11.6. The fourth-order valence-electron chi connectivity index (χ4n) is 11.6. The minimum atomic E-state index is -3.00. The average molecular weight is 928 g/mol. The van der Waals surface area contributed by atoms with E-state index in [1.807, 2.05) is 48.9 Å². The van der Waals surface area contributed by atoms with E-state index < -0.39 is 20.8 Å². The number of nitrogens with one attached hydrogen (secondary N) is 1. The molecule has 8 rings (SSSR count). The lowest BCUT2D eigenvalue weighted by Crippen LogP contribution is -2.51. The van der Waals surface area contributed by atoms with Gasteiger partial charge in [0, 0.05) is 66.6 Å². The Morgan fingerprint density at radius 3 is 2.15 bits per heavy atom. The molecular weight excluding hydrogens is 861 g/mol. The third-order valence-corrected chi connectivity index (χ3v) is 21.2. The van der Waals surface area contributed by atoms with E-state index in [1.54, 1.807) is 12.1 Å². The van der Waals surface area contributed by atoms with Gasteiger partial charge >= 0.3 is 6.55 Å². The maximum absolute atomic E-state index is 15.4. The van der Waals surface area contributed by atoms with Crippen molar-refractivity contribution in [1.82, 2.24) is 24.3 Å². The van der Waals surface area contributed by atoms with Gasteiger partial charge in [0.25, 0.3) is 20.1 Å². The summed E-state index contributed by atoms with van der Waals surface area (Å²) in [5.41, 5.74) is 9.17. The maximum Gasteiger partial charge on any atom is 0.319 e. The number of fused-ring (bicyclic) bond motifs is 2. The van der Waals surface area contributed by atoms with Crippen molar-refractivity contribution in [1.29, 1.82) is 5.26 Å². The molecule has 67 heavy (non-hydrogen) atoms. The van der Waals surface area contributed by atoms with Crippen LogP contribution in [0.1, 0.15) is 127 Å². The molecule has 10 nitrogen and oxygen atoms in total. The van der Waals surface area contributed by atoms with E-state index in [-0.39, 0.29) is 29.0 Å². The van der Waals surface area contributed by atoms with Crippen LogP contribution in [-0.2, 0) is 33.0 Å². The molecular formula is C54H67F2N7O3Si. The predicted molar refractivity (Wildman–Crippen MR) is 265 cm³/mol. The number of anilines is 2. The van der Waals surface area contributed by atoms with Crippen LogP contribution in [0.3, 0.4) is 0 Å². The molecule has 3 aliphatic heterocycles. The van der Waals surface area contributed by atoms with Crippen LogP contribution in [0, 0.1) is 25.2 Å². The Morgan fingerprint density at radius 1 is 0.851 bits per heavy atom. The molecule has 5 heterocycles. The molecule has 1 N–H and O–H groups in total. The first-order chi connectivity index (χ1) is 32.0. The zero-order valence-electron chi connectivity index (χ0n) is 40.8. The highest BCUT2D eigenvalue weighted by Gasteiger charge is 2.47. The molecule has 0 aliphatic carbocycles. The molecule has 0 unspecified atom stereocenters. The SMILES string of the molecule is Cc1c(C(=O)N(c2ccc(O[Si](C(C)C)(C(C)C)C(C)C)cc2)c2cc(C#N)n(C(F)F)c2C)cc(-c2cc3c(cc2C(=O)N2Cc4ccccc4C[C@H]2CN2CCCCC2)CNCC3)n1C. The van der Waals surface area contributed by atoms with E-state index in [0.29, 0.717) is 68.2 Å². The van der Waals surface area contributed by atoms with Crippen LogP contribution < -0.4 is 14.6 Å². The van der Waals surface area contributed by atoms with Crippen molar-refractivity contribution in [2.24, 2.45) is 7.05 Å². The highest BCUT2D eigenvalue weighted by Crippen LogP contribution is 2.44. The molecule has 1 fully saturated rings. The standard InChI is InChI=1S/C54H67F2N7O3Si/c1-34(2)67(35(3)4,36(5)6)66-46-19-17-43(18-20-46)63(50-28-44(30-57)62(38(50)8)54(55)56)53(65)47-29-51(59(9)37(47)7)48-26-40-21-22-58-31-42(40)27-49(48)52(64)61-32-41-16-12-11-15-39(41)25-45(61)33-60-23-13-10-14-24-60/h11-12,15-20,26-29,34-36,45,54,58H,10,13-14,21-25,31-33H2,1-9H3/t45-/m0/s1. The van der Waals surface area contributed by atoms with Gasteiger partial charge in [0.15, 0.2) is 0 Å². The number of rotatable bonds is 13. The summed E-state index contributed by atoms with van der Waals surface area (Å²) in [4.78, 5) is 36.9. The summed E-state index contributed by atoms with van der Waals surface area (Å²) in [5, 5.41) is 13.5. The number of nitriles is 1. The van der Waals surface area contributed by atoms with Gasteiger partial charge in [0.2, 0.25) is 0 Å². The molecule has 354 valence electrons. The summed E-state index contributed by atoms with van der Waals surface area (Å²) < 4.78 is 38.9. The number of hydrogen-bond donors (Lipinski definition) is 1. The molecule has 13 heteroatoms. The molecule has 3 aromatic carbocycles. The molecule has 0 bridgehead atoms. The van der Waals surface area contributed by atoms with E-state index in [9.17, 15) is 14.0 Å². The third-order valence-electron chi connectivity index (χ3n) is 15.1. The first-order valence-corrected chi connectivity index (χ1v) is 26.4. The fraction of sp³-hybridized carbons (Fsp3) is 0.463. The molecule has 0 spiro atoms. The van der Waals surface area contributed by atoms with Crippen molar-refractivity contribution in [3.63, 3.8) is 0 Å². The van der Waals surface area contributed by atoms with Gasteiger partial charge in [0.1, 0.15) is 17.5 Å². The zero-order valence-corrected chi connectivity index (χ0v) is 41.8. The third kappa shape index (κ3) is 9.00. The summed E-state index contributed by atoms with van der Waals surface area (Å²) in [6.45, 7) is 18.6.